The minimum Gasteiger partial charge on any atom is -0.496 e. The van der Waals surface area contributed by atoms with Gasteiger partial charge in [-0.15, -0.1) is 11.3 Å². The van der Waals surface area contributed by atoms with Crippen LogP contribution in [0.3, 0.4) is 0 Å². The van der Waals surface area contributed by atoms with E-state index in [9.17, 15) is 4.79 Å². The molecule has 0 aliphatic carbocycles. The van der Waals surface area contributed by atoms with Crippen molar-refractivity contribution in [1.29, 1.82) is 0 Å². The van der Waals surface area contributed by atoms with Crippen molar-refractivity contribution in [3.05, 3.63) is 56.2 Å². The normalized spacial score (nSPS) is 10.9. The number of ether oxygens (including phenoxy) is 1. The summed E-state index contributed by atoms with van der Waals surface area (Å²) in [5.41, 5.74) is 2.29. The molecule has 0 saturated heterocycles. The summed E-state index contributed by atoms with van der Waals surface area (Å²) in [6.07, 6.45) is 4.12. The molecular weight excluding hydrogens is 362 g/mol. The van der Waals surface area contributed by atoms with Gasteiger partial charge in [0.2, 0.25) is 5.91 Å². The third-order valence-corrected chi connectivity index (χ3v) is 4.71. The van der Waals surface area contributed by atoms with Gasteiger partial charge >= 0.3 is 0 Å². The topological polar surface area (TPSA) is 38.3 Å². The monoisotopic (exact) mass is 379 g/mol. The smallest absolute Gasteiger partial charge is 0.244 e. The first kappa shape index (κ1) is 16.8. The average molecular weight is 380 g/mol. The molecule has 22 heavy (non-hydrogen) atoms. The molecule has 1 amide bonds. The van der Waals surface area contributed by atoms with Gasteiger partial charge in [0.15, 0.2) is 0 Å². The van der Waals surface area contributed by atoms with Crippen LogP contribution in [0.2, 0.25) is 0 Å². The number of aryl methyl sites for hydroxylation is 1. The van der Waals surface area contributed by atoms with Crippen LogP contribution in [-0.2, 0) is 11.2 Å². The Balaban J connectivity index is 1.84. The number of benzene rings is 1. The van der Waals surface area contributed by atoms with E-state index >= 15 is 0 Å². The summed E-state index contributed by atoms with van der Waals surface area (Å²) in [7, 11) is 1.66. The van der Waals surface area contributed by atoms with Gasteiger partial charge < -0.3 is 10.1 Å². The van der Waals surface area contributed by atoms with E-state index in [0.717, 1.165) is 26.4 Å². The second kappa shape index (κ2) is 8.15. The van der Waals surface area contributed by atoms with Crippen molar-refractivity contribution in [2.45, 2.75) is 13.3 Å². The standard InChI is InChI=1S/C17H18BrNO2S/c1-12-3-6-15(21-2)13(11-12)9-10-19-17(20)8-5-14-4-7-16(18)22-14/h3-8,11H,9-10H2,1-2H3,(H,19,20)/b8-5+. The predicted molar refractivity (Wildman–Crippen MR) is 95.5 cm³/mol. The summed E-state index contributed by atoms with van der Waals surface area (Å²) >= 11 is 4.99. The van der Waals surface area contributed by atoms with Crippen molar-refractivity contribution in [1.82, 2.24) is 5.32 Å². The maximum atomic E-state index is 11.8. The lowest BCUT2D eigenvalue weighted by molar-refractivity contribution is -0.116. The van der Waals surface area contributed by atoms with E-state index in [0.29, 0.717) is 6.54 Å². The molecular formula is C17H18BrNO2S. The molecule has 0 spiro atoms. The lowest BCUT2D eigenvalue weighted by atomic mass is 10.1. The number of halogens is 1. The number of nitrogens with one attached hydrogen (secondary N) is 1. The van der Waals surface area contributed by atoms with Crippen molar-refractivity contribution >= 4 is 39.2 Å². The van der Waals surface area contributed by atoms with Gasteiger partial charge in [-0.3, -0.25) is 4.79 Å². The summed E-state index contributed by atoms with van der Waals surface area (Å²) in [4.78, 5) is 12.8. The second-order valence-electron chi connectivity index (χ2n) is 4.83. The number of carbonyl (C=O) groups is 1. The van der Waals surface area contributed by atoms with Crippen LogP contribution in [0.25, 0.3) is 6.08 Å². The Kier molecular flexibility index (Phi) is 6.21. The zero-order valence-electron chi connectivity index (χ0n) is 12.6. The molecule has 0 saturated carbocycles. The van der Waals surface area contributed by atoms with Crippen LogP contribution in [0.4, 0.5) is 0 Å². The number of hydrogen-bond donors (Lipinski definition) is 1. The van der Waals surface area contributed by atoms with Crippen LogP contribution in [0.5, 0.6) is 5.75 Å². The molecule has 1 N–H and O–H groups in total. The molecule has 0 unspecified atom stereocenters. The highest BCUT2D eigenvalue weighted by atomic mass is 79.9. The molecule has 116 valence electrons. The molecule has 1 heterocycles. The fourth-order valence-electron chi connectivity index (χ4n) is 2.06. The SMILES string of the molecule is COc1ccc(C)cc1CCNC(=O)/C=C/c1ccc(Br)s1. The Morgan fingerprint density at radius 1 is 1.36 bits per heavy atom. The van der Waals surface area contributed by atoms with Crippen LogP contribution in [0.1, 0.15) is 16.0 Å². The Bertz CT molecular complexity index is 679. The molecule has 5 heteroatoms. The van der Waals surface area contributed by atoms with Crippen molar-refractivity contribution in [2.75, 3.05) is 13.7 Å². The van der Waals surface area contributed by atoms with Crippen LogP contribution in [0, 0.1) is 6.92 Å². The summed E-state index contributed by atoms with van der Waals surface area (Å²) < 4.78 is 6.39. The lowest BCUT2D eigenvalue weighted by Gasteiger charge is -2.09. The molecule has 0 aliphatic heterocycles. The van der Waals surface area contributed by atoms with Crippen molar-refractivity contribution in [3.63, 3.8) is 0 Å². The highest BCUT2D eigenvalue weighted by Gasteiger charge is 2.04. The van der Waals surface area contributed by atoms with Gasteiger partial charge in [0.05, 0.1) is 10.9 Å². The summed E-state index contributed by atoms with van der Waals surface area (Å²) in [6.45, 7) is 2.63. The van der Waals surface area contributed by atoms with Gasteiger partial charge in [0.1, 0.15) is 5.75 Å². The van der Waals surface area contributed by atoms with Gasteiger partial charge in [-0.1, -0.05) is 17.7 Å². The molecule has 0 bridgehead atoms. The van der Waals surface area contributed by atoms with Crippen LogP contribution < -0.4 is 10.1 Å². The maximum Gasteiger partial charge on any atom is 0.244 e. The Morgan fingerprint density at radius 3 is 2.86 bits per heavy atom. The largest absolute Gasteiger partial charge is 0.496 e. The number of carbonyl (C=O) groups excluding carboxylic acids is 1. The molecule has 0 atom stereocenters. The summed E-state index contributed by atoms with van der Waals surface area (Å²) in [5.74, 6) is 0.773. The third kappa shape index (κ3) is 5.00. The number of methoxy groups -OCH3 is 1. The Labute approximate surface area is 143 Å². The first-order valence-corrected chi connectivity index (χ1v) is 8.54. The average Bonchev–Trinajstić information content (AvgIpc) is 2.91. The quantitative estimate of drug-likeness (QED) is 0.763. The van der Waals surface area contributed by atoms with Crippen LogP contribution >= 0.6 is 27.3 Å². The minimum absolute atomic E-state index is 0.0869. The van der Waals surface area contributed by atoms with E-state index < -0.39 is 0 Å². The van der Waals surface area contributed by atoms with Gasteiger partial charge in [-0.2, -0.15) is 0 Å². The van der Waals surface area contributed by atoms with E-state index in [1.165, 1.54) is 5.56 Å². The van der Waals surface area contributed by atoms with Gasteiger partial charge in [0.25, 0.3) is 0 Å². The number of amides is 1. The van der Waals surface area contributed by atoms with E-state index in [2.05, 4.69) is 27.3 Å². The summed E-state index contributed by atoms with van der Waals surface area (Å²) in [6, 6.07) is 10.00. The fraction of sp³-hybridized carbons (Fsp3) is 0.235. The number of thiophene rings is 1. The van der Waals surface area contributed by atoms with Crippen molar-refractivity contribution in [2.24, 2.45) is 0 Å². The summed E-state index contributed by atoms with van der Waals surface area (Å²) in [5, 5.41) is 2.89. The number of hydrogen-bond acceptors (Lipinski definition) is 3. The van der Waals surface area contributed by atoms with E-state index in [1.54, 1.807) is 24.5 Å². The van der Waals surface area contributed by atoms with E-state index in [1.807, 2.05) is 37.3 Å². The molecule has 3 nitrogen and oxygen atoms in total. The molecule has 1 aromatic heterocycles. The molecule has 2 rings (SSSR count). The van der Waals surface area contributed by atoms with Crippen LogP contribution in [-0.4, -0.2) is 19.6 Å². The van der Waals surface area contributed by atoms with Gasteiger partial charge in [0, 0.05) is 17.5 Å². The van der Waals surface area contributed by atoms with Gasteiger partial charge in [-0.25, -0.2) is 0 Å². The first-order valence-electron chi connectivity index (χ1n) is 6.93. The van der Waals surface area contributed by atoms with E-state index in [-0.39, 0.29) is 5.91 Å². The third-order valence-electron chi connectivity index (χ3n) is 3.12. The van der Waals surface area contributed by atoms with E-state index in [4.69, 9.17) is 4.74 Å². The van der Waals surface area contributed by atoms with Crippen molar-refractivity contribution < 1.29 is 9.53 Å². The molecule has 0 fully saturated rings. The predicted octanol–water partition coefficient (Wildman–Crippen LogP) is 4.20. The van der Waals surface area contributed by atoms with Crippen molar-refractivity contribution in [3.8, 4) is 5.75 Å². The molecule has 1 aromatic carbocycles. The molecule has 2 aromatic rings. The van der Waals surface area contributed by atoms with Gasteiger partial charge in [-0.05, 0) is 59.1 Å². The lowest BCUT2D eigenvalue weighted by Crippen LogP contribution is -2.23. The molecule has 0 aliphatic rings. The number of rotatable bonds is 6. The fourth-order valence-corrected chi connectivity index (χ4v) is 3.38. The Morgan fingerprint density at radius 2 is 2.18 bits per heavy atom. The first-order chi connectivity index (χ1) is 10.6. The minimum atomic E-state index is -0.0869. The molecule has 0 radical (unpaired) electrons. The highest BCUT2D eigenvalue weighted by molar-refractivity contribution is 9.11. The zero-order valence-corrected chi connectivity index (χ0v) is 15.0. The zero-order chi connectivity index (χ0) is 15.9. The van der Waals surface area contributed by atoms with Crippen LogP contribution in [0.15, 0.2) is 40.2 Å². The Hall–Kier alpha value is -1.59. The highest BCUT2D eigenvalue weighted by Crippen LogP contribution is 2.23. The maximum absolute atomic E-state index is 11.8. The second-order valence-corrected chi connectivity index (χ2v) is 7.33.